The van der Waals surface area contributed by atoms with Crippen LogP contribution in [-0.4, -0.2) is 51.9 Å². The van der Waals surface area contributed by atoms with Crippen LogP contribution in [0.2, 0.25) is 0 Å². The zero-order valence-corrected chi connectivity index (χ0v) is 14.7. The minimum absolute atomic E-state index is 0. The first kappa shape index (κ1) is 19.7. The second-order valence-electron chi connectivity index (χ2n) is 5.23. The van der Waals surface area contributed by atoms with Crippen molar-refractivity contribution in [2.24, 2.45) is 5.73 Å². The van der Waals surface area contributed by atoms with Gasteiger partial charge in [0.25, 0.3) is 5.91 Å². The molecule has 1 fully saturated rings. The quantitative estimate of drug-likeness (QED) is 0.797. The summed E-state index contributed by atoms with van der Waals surface area (Å²) < 4.78 is 31.8. The number of rotatable bonds is 5. The second kappa shape index (κ2) is 7.96. The van der Waals surface area contributed by atoms with Crippen LogP contribution in [0.15, 0.2) is 23.1 Å². The van der Waals surface area contributed by atoms with Crippen LogP contribution in [0.25, 0.3) is 0 Å². The van der Waals surface area contributed by atoms with Crippen molar-refractivity contribution in [3.63, 3.8) is 0 Å². The number of nitrogens with one attached hydrogen (secondary N) is 1. The number of carbonyl (C=O) groups is 1. The van der Waals surface area contributed by atoms with E-state index in [1.54, 1.807) is 7.05 Å². The lowest BCUT2D eigenvalue weighted by atomic mass is 10.1. The number of amides is 1. The van der Waals surface area contributed by atoms with E-state index < -0.39 is 15.9 Å². The smallest absolute Gasteiger partial charge is 0.252 e. The Bertz CT molecular complexity index is 660. The molecule has 3 N–H and O–H groups in total. The Balaban J connectivity index is 0.00000264. The van der Waals surface area contributed by atoms with Crippen LogP contribution in [0, 0.1) is 0 Å². The Kier molecular flexibility index (Phi) is 6.82. The monoisotopic (exact) mass is 363 g/mol. The van der Waals surface area contributed by atoms with E-state index in [-0.39, 0.29) is 34.7 Å². The summed E-state index contributed by atoms with van der Waals surface area (Å²) in [7, 11) is -0.709. The van der Waals surface area contributed by atoms with Gasteiger partial charge in [-0.1, -0.05) is 0 Å². The van der Waals surface area contributed by atoms with Crippen LogP contribution in [0.3, 0.4) is 0 Å². The minimum Gasteiger partial charge on any atom is -0.496 e. The molecule has 0 atom stereocenters. The third kappa shape index (κ3) is 4.14. The van der Waals surface area contributed by atoms with E-state index in [1.165, 1.54) is 29.6 Å². The molecule has 0 saturated carbocycles. The maximum Gasteiger partial charge on any atom is 0.252 e. The van der Waals surface area contributed by atoms with Gasteiger partial charge in [0.05, 0.1) is 17.6 Å². The number of ether oxygens (including phenoxy) is 1. The van der Waals surface area contributed by atoms with E-state index in [9.17, 15) is 13.2 Å². The second-order valence-corrected chi connectivity index (χ2v) is 7.23. The van der Waals surface area contributed by atoms with Crippen molar-refractivity contribution < 1.29 is 17.9 Å². The molecule has 7 nitrogen and oxygen atoms in total. The Labute approximate surface area is 142 Å². The van der Waals surface area contributed by atoms with Gasteiger partial charge in [-0.15, -0.1) is 12.4 Å². The molecule has 2 rings (SSSR count). The number of benzene rings is 1. The summed E-state index contributed by atoms with van der Waals surface area (Å²) in [5.41, 5.74) is 5.34. The summed E-state index contributed by atoms with van der Waals surface area (Å²) >= 11 is 0. The van der Waals surface area contributed by atoms with Gasteiger partial charge in [-0.2, -0.15) is 4.31 Å². The number of nitrogens with zero attached hydrogens (tertiary/aromatic N) is 1. The van der Waals surface area contributed by atoms with Gasteiger partial charge in [0.2, 0.25) is 10.0 Å². The van der Waals surface area contributed by atoms with Crippen LogP contribution in [-0.2, 0) is 10.0 Å². The molecule has 1 amide bonds. The van der Waals surface area contributed by atoms with Gasteiger partial charge in [-0.05, 0) is 44.1 Å². The zero-order chi connectivity index (χ0) is 16.3. The molecule has 0 radical (unpaired) electrons. The lowest BCUT2D eigenvalue weighted by Crippen LogP contribution is -2.43. The molecule has 1 aromatic rings. The molecule has 1 aliphatic heterocycles. The average molecular weight is 364 g/mol. The molecule has 0 aromatic heterocycles. The predicted octanol–water partition coefficient (Wildman–Crippen LogP) is 0.588. The van der Waals surface area contributed by atoms with Crippen molar-refractivity contribution in [1.82, 2.24) is 9.62 Å². The topological polar surface area (TPSA) is 102 Å². The standard InChI is InChI=1S/C14H21N3O4S.ClH/c1-17(10-5-7-16-8-6-10)22(19,20)11-3-4-13(21-2)12(9-11)14(15)18;/h3-4,9-10,16H,5-8H2,1-2H3,(H2,15,18);1H. The maximum absolute atomic E-state index is 12.7. The van der Waals surface area contributed by atoms with Crippen molar-refractivity contribution >= 4 is 28.3 Å². The Morgan fingerprint density at radius 3 is 2.48 bits per heavy atom. The van der Waals surface area contributed by atoms with Gasteiger partial charge in [0, 0.05) is 13.1 Å². The average Bonchev–Trinajstić information content (AvgIpc) is 2.54. The Hall–Kier alpha value is -1.35. The summed E-state index contributed by atoms with van der Waals surface area (Å²) in [6.45, 7) is 1.58. The van der Waals surface area contributed by atoms with Crippen LogP contribution in [0.5, 0.6) is 5.75 Å². The molecule has 1 saturated heterocycles. The number of nitrogens with two attached hydrogens (primary N) is 1. The summed E-state index contributed by atoms with van der Waals surface area (Å²) in [6.07, 6.45) is 1.52. The minimum atomic E-state index is -3.68. The van der Waals surface area contributed by atoms with E-state index in [0.717, 1.165) is 25.9 Å². The van der Waals surface area contributed by atoms with Gasteiger partial charge in [-0.3, -0.25) is 4.79 Å². The first-order chi connectivity index (χ1) is 10.4. The molecule has 1 heterocycles. The number of primary amides is 1. The summed E-state index contributed by atoms with van der Waals surface area (Å²) in [5.74, 6) is -0.464. The first-order valence-corrected chi connectivity index (χ1v) is 8.48. The zero-order valence-electron chi connectivity index (χ0n) is 13.1. The first-order valence-electron chi connectivity index (χ1n) is 7.04. The number of sulfonamides is 1. The summed E-state index contributed by atoms with van der Waals surface area (Å²) in [4.78, 5) is 11.5. The van der Waals surface area contributed by atoms with Gasteiger partial charge in [0.1, 0.15) is 5.75 Å². The highest BCUT2D eigenvalue weighted by Crippen LogP contribution is 2.26. The van der Waals surface area contributed by atoms with Gasteiger partial charge in [-0.25, -0.2) is 8.42 Å². The number of halogens is 1. The summed E-state index contributed by atoms with van der Waals surface area (Å²) in [6, 6.07) is 4.10. The number of methoxy groups -OCH3 is 1. The highest BCUT2D eigenvalue weighted by Gasteiger charge is 2.29. The fourth-order valence-electron chi connectivity index (χ4n) is 2.57. The van der Waals surface area contributed by atoms with Gasteiger partial charge < -0.3 is 15.8 Å². The van der Waals surface area contributed by atoms with Crippen molar-refractivity contribution in [3.05, 3.63) is 23.8 Å². The van der Waals surface area contributed by atoms with Crippen molar-refractivity contribution in [2.75, 3.05) is 27.2 Å². The number of hydrogen-bond donors (Lipinski definition) is 2. The van der Waals surface area contributed by atoms with Gasteiger partial charge in [0.15, 0.2) is 0 Å². The van der Waals surface area contributed by atoms with Crippen LogP contribution < -0.4 is 15.8 Å². The van der Waals surface area contributed by atoms with E-state index in [1.807, 2.05) is 0 Å². The third-order valence-corrected chi connectivity index (χ3v) is 5.84. The fourth-order valence-corrected chi connectivity index (χ4v) is 4.02. The van der Waals surface area contributed by atoms with E-state index in [0.29, 0.717) is 0 Å². The number of hydrogen-bond acceptors (Lipinski definition) is 5. The number of piperidine rings is 1. The Morgan fingerprint density at radius 1 is 1.35 bits per heavy atom. The van der Waals surface area contributed by atoms with Crippen LogP contribution >= 0.6 is 12.4 Å². The third-order valence-electron chi connectivity index (χ3n) is 3.94. The lowest BCUT2D eigenvalue weighted by Gasteiger charge is -2.30. The van der Waals surface area contributed by atoms with E-state index >= 15 is 0 Å². The molecule has 1 aromatic carbocycles. The molecular weight excluding hydrogens is 342 g/mol. The SMILES string of the molecule is COc1ccc(S(=O)(=O)N(C)C2CCNCC2)cc1C(N)=O.Cl. The lowest BCUT2D eigenvalue weighted by molar-refractivity contribution is 0.0997. The van der Waals surface area contributed by atoms with Crippen molar-refractivity contribution in [3.8, 4) is 5.75 Å². The van der Waals surface area contributed by atoms with E-state index in [2.05, 4.69) is 5.32 Å². The highest BCUT2D eigenvalue weighted by molar-refractivity contribution is 7.89. The molecule has 9 heteroatoms. The molecule has 0 bridgehead atoms. The van der Waals surface area contributed by atoms with Gasteiger partial charge >= 0.3 is 0 Å². The van der Waals surface area contributed by atoms with Crippen LogP contribution in [0.4, 0.5) is 0 Å². The molecule has 0 aliphatic carbocycles. The molecule has 0 unspecified atom stereocenters. The highest BCUT2D eigenvalue weighted by atomic mass is 35.5. The number of carbonyl (C=O) groups excluding carboxylic acids is 1. The molecule has 1 aliphatic rings. The predicted molar refractivity (Wildman–Crippen MR) is 89.6 cm³/mol. The fraction of sp³-hybridized carbons (Fsp3) is 0.500. The normalized spacial score (nSPS) is 16.0. The summed E-state index contributed by atoms with van der Waals surface area (Å²) in [5, 5.41) is 3.20. The molecule has 0 spiro atoms. The van der Waals surface area contributed by atoms with E-state index in [4.69, 9.17) is 10.5 Å². The molecular formula is C14H22ClN3O4S. The molecule has 23 heavy (non-hydrogen) atoms. The molecule has 130 valence electrons. The van der Waals surface area contributed by atoms with Crippen molar-refractivity contribution in [2.45, 2.75) is 23.8 Å². The maximum atomic E-state index is 12.7. The van der Waals surface area contributed by atoms with Crippen molar-refractivity contribution in [1.29, 1.82) is 0 Å². The largest absolute Gasteiger partial charge is 0.496 e. The van der Waals surface area contributed by atoms with Crippen LogP contribution in [0.1, 0.15) is 23.2 Å². The Morgan fingerprint density at radius 2 is 1.96 bits per heavy atom.